The van der Waals surface area contributed by atoms with Crippen LogP contribution in [0.25, 0.3) is 0 Å². The highest BCUT2D eigenvalue weighted by molar-refractivity contribution is 5.80. The van der Waals surface area contributed by atoms with E-state index < -0.39 is 5.60 Å². The summed E-state index contributed by atoms with van der Waals surface area (Å²) in [6.07, 6.45) is 0.965. The van der Waals surface area contributed by atoms with Gasteiger partial charge in [0, 0.05) is 25.4 Å². The SMILES string of the molecule is CC(C)(C)OC(=O)N1C[C@@H](c2ccccc2)[C@@]2(CCC(=O)N2)C1. The summed E-state index contributed by atoms with van der Waals surface area (Å²) < 4.78 is 5.51. The van der Waals surface area contributed by atoms with Gasteiger partial charge in [-0.1, -0.05) is 30.3 Å². The number of benzene rings is 1. The van der Waals surface area contributed by atoms with Gasteiger partial charge in [0.1, 0.15) is 5.60 Å². The molecular formula is C18H24N2O3. The molecule has 2 heterocycles. The molecule has 23 heavy (non-hydrogen) atoms. The van der Waals surface area contributed by atoms with E-state index in [4.69, 9.17) is 4.74 Å². The average Bonchev–Trinajstić information content (AvgIpc) is 3.02. The Labute approximate surface area is 137 Å². The van der Waals surface area contributed by atoms with Crippen molar-refractivity contribution in [1.82, 2.24) is 10.2 Å². The molecule has 0 saturated carbocycles. The van der Waals surface area contributed by atoms with Gasteiger partial charge in [0.15, 0.2) is 0 Å². The van der Waals surface area contributed by atoms with Crippen molar-refractivity contribution in [3.8, 4) is 0 Å². The van der Waals surface area contributed by atoms with Crippen molar-refractivity contribution in [2.75, 3.05) is 13.1 Å². The summed E-state index contributed by atoms with van der Waals surface area (Å²) in [5.74, 6) is 0.166. The lowest BCUT2D eigenvalue weighted by molar-refractivity contribution is -0.119. The van der Waals surface area contributed by atoms with Crippen molar-refractivity contribution in [3.63, 3.8) is 0 Å². The number of carbonyl (C=O) groups is 2. The number of hydrogen-bond acceptors (Lipinski definition) is 3. The first-order chi connectivity index (χ1) is 10.8. The molecule has 5 nitrogen and oxygen atoms in total. The van der Waals surface area contributed by atoms with E-state index >= 15 is 0 Å². The van der Waals surface area contributed by atoms with E-state index in [1.807, 2.05) is 39.0 Å². The minimum absolute atomic E-state index is 0.0666. The molecule has 0 radical (unpaired) electrons. The molecule has 0 bridgehead atoms. The summed E-state index contributed by atoms with van der Waals surface area (Å²) in [4.78, 5) is 26.0. The quantitative estimate of drug-likeness (QED) is 0.866. The molecule has 2 atom stereocenters. The molecule has 5 heteroatoms. The number of ether oxygens (including phenoxy) is 1. The molecule has 0 aromatic heterocycles. The van der Waals surface area contributed by atoms with Gasteiger partial charge >= 0.3 is 6.09 Å². The Balaban J connectivity index is 1.86. The highest BCUT2D eigenvalue weighted by Gasteiger charge is 2.52. The Hall–Kier alpha value is -2.04. The molecule has 3 rings (SSSR count). The van der Waals surface area contributed by atoms with E-state index in [-0.39, 0.29) is 23.5 Å². The van der Waals surface area contributed by atoms with Crippen LogP contribution in [0.2, 0.25) is 0 Å². The van der Waals surface area contributed by atoms with E-state index in [1.165, 1.54) is 0 Å². The Morgan fingerprint density at radius 1 is 1.30 bits per heavy atom. The number of amides is 2. The zero-order valence-corrected chi connectivity index (χ0v) is 14.0. The molecule has 1 spiro atoms. The van der Waals surface area contributed by atoms with Gasteiger partial charge in [-0.25, -0.2) is 4.79 Å². The van der Waals surface area contributed by atoms with E-state index in [9.17, 15) is 9.59 Å². The number of carbonyl (C=O) groups excluding carboxylic acids is 2. The van der Waals surface area contributed by atoms with E-state index in [0.29, 0.717) is 19.5 Å². The Morgan fingerprint density at radius 2 is 2.00 bits per heavy atom. The number of nitrogens with one attached hydrogen (secondary N) is 1. The lowest BCUT2D eigenvalue weighted by Gasteiger charge is -2.30. The molecule has 2 aliphatic heterocycles. The second kappa shape index (κ2) is 5.55. The Kier molecular flexibility index (Phi) is 3.82. The third kappa shape index (κ3) is 3.19. The number of rotatable bonds is 1. The molecule has 1 aromatic carbocycles. The number of likely N-dealkylation sites (tertiary alicyclic amines) is 1. The van der Waals surface area contributed by atoms with Gasteiger partial charge in [-0.2, -0.15) is 0 Å². The zero-order valence-electron chi connectivity index (χ0n) is 14.0. The zero-order chi connectivity index (χ0) is 16.7. The van der Waals surface area contributed by atoms with E-state index in [1.54, 1.807) is 4.90 Å². The van der Waals surface area contributed by atoms with Crippen LogP contribution in [0.4, 0.5) is 4.79 Å². The molecule has 0 aliphatic carbocycles. The molecule has 2 aliphatic rings. The van der Waals surface area contributed by atoms with Gasteiger partial charge in [0.25, 0.3) is 0 Å². The minimum Gasteiger partial charge on any atom is -0.444 e. The first-order valence-electron chi connectivity index (χ1n) is 8.13. The van der Waals surface area contributed by atoms with Gasteiger partial charge in [-0.15, -0.1) is 0 Å². The summed E-state index contributed by atoms with van der Waals surface area (Å²) in [5, 5.41) is 3.14. The first-order valence-corrected chi connectivity index (χ1v) is 8.13. The van der Waals surface area contributed by atoms with Crippen molar-refractivity contribution < 1.29 is 14.3 Å². The summed E-state index contributed by atoms with van der Waals surface area (Å²) in [6, 6.07) is 10.1. The molecule has 2 saturated heterocycles. The van der Waals surface area contributed by atoms with Crippen molar-refractivity contribution in [2.45, 2.75) is 50.7 Å². The largest absolute Gasteiger partial charge is 0.444 e. The fraction of sp³-hybridized carbons (Fsp3) is 0.556. The van der Waals surface area contributed by atoms with E-state index in [0.717, 1.165) is 12.0 Å². The van der Waals surface area contributed by atoms with Gasteiger partial charge in [0.2, 0.25) is 5.91 Å². The Bertz CT molecular complexity index is 608. The van der Waals surface area contributed by atoms with Gasteiger partial charge in [0.05, 0.1) is 5.54 Å². The summed E-state index contributed by atoms with van der Waals surface area (Å²) >= 11 is 0. The molecule has 2 amide bonds. The topological polar surface area (TPSA) is 58.6 Å². The van der Waals surface area contributed by atoms with Crippen LogP contribution in [-0.2, 0) is 9.53 Å². The summed E-state index contributed by atoms with van der Waals surface area (Å²) in [5.41, 5.74) is 0.268. The molecular weight excluding hydrogens is 292 g/mol. The standard InChI is InChI=1S/C18H24N2O3/c1-17(2,3)23-16(22)20-11-14(13-7-5-4-6-8-13)18(12-20)10-9-15(21)19-18/h4-8,14H,9-12H2,1-3H3,(H,19,21)/t14-,18+/m0/s1. The number of hydrogen-bond donors (Lipinski definition) is 1. The normalized spacial score (nSPS) is 27.3. The molecule has 124 valence electrons. The smallest absolute Gasteiger partial charge is 0.410 e. The monoisotopic (exact) mass is 316 g/mol. The second-order valence-electron chi connectivity index (χ2n) is 7.53. The molecule has 0 unspecified atom stereocenters. The van der Waals surface area contributed by atoms with Crippen LogP contribution in [0.1, 0.15) is 45.1 Å². The maximum atomic E-state index is 12.5. The highest BCUT2D eigenvalue weighted by Crippen LogP contribution is 2.42. The molecule has 2 fully saturated rings. The summed E-state index contributed by atoms with van der Waals surface area (Å²) in [7, 11) is 0. The third-order valence-electron chi connectivity index (χ3n) is 4.58. The first kappa shape index (κ1) is 15.8. The van der Waals surface area contributed by atoms with Crippen molar-refractivity contribution in [1.29, 1.82) is 0 Å². The lowest BCUT2D eigenvalue weighted by atomic mass is 9.81. The fourth-order valence-corrected chi connectivity index (χ4v) is 3.60. The van der Waals surface area contributed by atoms with E-state index in [2.05, 4.69) is 17.4 Å². The molecule has 1 aromatic rings. The second-order valence-corrected chi connectivity index (χ2v) is 7.53. The predicted octanol–water partition coefficient (Wildman–Crippen LogP) is 2.67. The van der Waals surface area contributed by atoms with Gasteiger partial charge in [-0.05, 0) is 32.8 Å². The Morgan fingerprint density at radius 3 is 2.57 bits per heavy atom. The van der Waals surface area contributed by atoms with Crippen molar-refractivity contribution in [2.24, 2.45) is 0 Å². The fourth-order valence-electron chi connectivity index (χ4n) is 3.60. The van der Waals surface area contributed by atoms with Crippen LogP contribution in [-0.4, -0.2) is 41.1 Å². The van der Waals surface area contributed by atoms with Crippen LogP contribution >= 0.6 is 0 Å². The summed E-state index contributed by atoms with van der Waals surface area (Å²) in [6.45, 7) is 6.67. The van der Waals surface area contributed by atoms with Crippen LogP contribution in [0.3, 0.4) is 0 Å². The van der Waals surface area contributed by atoms with Crippen molar-refractivity contribution in [3.05, 3.63) is 35.9 Å². The predicted molar refractivity (Wildman–Crippen MR) is 87.1 cm³/mol. The van der Waals surface area contributed by atoms with Crippen LogP contribution in [0, 0.1) is 0 Å². The lowest BCUT2D eigenvalue weighted by Crippen LogP contribution is -2.48. The van der Waals surface area contributed by atoms with Gasteiger partial charge in [-0.3, -0.25) is 4.79 Å². The minimum atomic E-state index is -0.520. The van der Waals surface area contributed by atoms with Crippen LogP contribution < -0.4 is 5.32 Å². The molecule has 1 N–H and O–H groups in total. The maximum Gasteiger partial charge on any atom is 0.410 e. The van der Waals surface area contributed by atoms with Crippen molar-refractivity contribution >= 4 is 12.0 Å². The van der Waals surface area contributed by atoms with Crippen LogP contribution in [0.15, 0.2) is 30.3 Å². The highest BCUT2D eigenvalue weighted by atomic mass is 16.6. The third-order valence-corrected chi connectivity index (χ3v) is 4.58. The van der Waals surface area contributed by atoms with Gasteiger partial charge < -0.3 is 15.0 Å². The van der Waals surface area contributed by atoms with Crippen LogP contribution in [0.5, 0.6) is 0 Å². The average molecular weight is 316 g/mol. The number of nitrogens with zero attached hydrogens (tertiary/aromatic N) is 1. The maximum absolute atomic E-state index is 12.5.